The Bertz CT molecular complexity index is 809. The number of ether oxygens (including phenoxy) is 1. The summed E-state index contributed by atoms with van der Waals surface area (Å²) < 4.78 is 43.0. The van der Waals surface area contributed by atoms with Crippen molar-refractivity contribution < 1.29 is 17.9 Å². The van der Waals surface area contributed by atoms with Gasteiger partial charge in [0, 0.05) is 30.8 Å². The summed E-state index contributed by atoms with van der Waals surface area (Å²) in [6, 6.07) is 3.31. The smallest absolute Gasteiger partial charge is 0.383 e. The molecule has 3 rings (SSSR count). The summed E-state index contributed by atoms with van der Waals surface area (Å²) in [7, 11) is 1.57. The zero-order valence-electron chi connectivity index (χ0n) is 12.0. The second kappa shape index (κ2) is 5.88. The van der Waals surface area contributed by atoms with Crippen LogP contribution in [0.3, 0.4) is 0 Å². The molecule has 0 spiro atoms. The minimum absolute atomic E-state index is 0.0425. The molecule has 0 radical (unpaired) electrons. The van der Waals surface area contributed by atoms with Crippen molar-refractivity contribution in [3.8, 4) is 11.4 Å². The van der Waals surface area contributed by atoms with Gasteiger partial charge in [-0.1, -0.05) is 0 Å². The fourth-order valence-electron chi connectivity index (χ4n) is 2.10. The van der Waals surface area contributed by atoms with Crippen LogP contribution in [0.2, 0.25) is 0 Å². The van der Waals surface area contributed by atoms with Crippen LogP contribution in [0.15, 0.2) is 18.3 Å². The Balaban J connectivity index is 2.01. The molecule has 7 nitrogen and oxygen atoms in total. The highest BCUT2D eigenvalue weighted by atomic mass is 19.4. The van der Waals surface area contributed by atoms with E-state index in [9.17, 15) is 13.2 Å². The number of H-pyrrole nitrogens is 2. The molecule has 122 valence electrons. The monoisotopic (exact) mass is 326 g/mol. The van der Waals surface area contributed by atoms with E-state index in [-0.39, 0.29) is 5.82 Å². The summed E-state index contributed by atoms with van der Waals surface area (Å²) in [5, 5.41) is 9.25. The van der Waals surface area contributed by atoms with Crippen LogP contribution in [0.5, 0.6) is 0 Å². The van der Waals surface area contributed by atoms with Crippen molar-refractivity contribution in [3.63, 3.8) is 0 Å². The number of alkyl halides is 3. The highest BCUT2D eigenvalue weighted by Crippen LogP contribution is 2.31. The summed E-state index contributed by atoms with van der Waals surface area (Å²) in [5.41, 5.74) is 0.976. The van der Waals surface area contributed by atoms with Crippen molar-refractivity contribution in [1.82, 2.24) is 25.1 Å². The first-order valence-corrected chi connectivity index (χ1v) is 6.70. The predicted molar refractivity (Wildman–Crippen MR) is 76.8 cm³/mol. The molecular weight excluding hydrogens is 313 g/mol. The summed E-state index contributed by atoms with van der Waals surface area (Å²) in [4.78, 5) is 10.8. The van der Waals surface area contributed by atoms with E-state index in [1.165, 1.54) is 0 Å². The maximum atomic E-state index is 12.7. The lowest BCUT2D eigenvalue weighted by molar-refractivity contribution is -0.144. The highest BCUT2D eigenvalue weighted by Gasteiger charge is 2.35. The number of aromatic amines is 2. The normalized spacial score (nSPS) is 12.0. The van der Waals surface area contributed by atoms with Gasteiger partial charge in [0.1, 0.15) is 11.5 Å². The second-order valence-electron chi connectivity index (χ2n) is 4.72. The molecule has 0 aliphatic carbocycles. The molecule has 10 heteroatoms. The quantitative estimate of drug-likeness (QED) is 0.626. The van der Waals surface area contributed by atoms with Gasteiger partial charge in [0.2, 0.25) is 5.82 Å². The van der Waals surface area contributed by atoms with E-state index >= 15 is 0 Å². The standard InChI is InChI=1S/C13H13F3N6O/c1-23-5-4-17-9-6-8(7-2-3-18-10(7)19-9)11-20-12(22-21-11)13(14,15)16/h2-3,6H,4-5H2,1H3,(H2,17,18,19)(H,20,21,22). The Kier molecular flexibility index (Phi) is 3.90. The molecule has 0 unspecified atom stereocenters. The van der Waals surface area contributed by atoms with Gasteiger partial charge in [-0.25, -0.2) is 9.97 Å². The maximum absolute atomic E-state index is 12.7. The van der Waals surface area contributed by atoms with Crippen LogP contribution in [0.1, 0.15) is 5.82 Å². The second-order valence-corrected chi connectivity index (χ2v) is 4.72. The number of hydrogen-bond donors (Lipinski definition) is 3. The van der Waals surface area contributed by atoms with Gasteiger partial charge in [0.05, 0.1) is 6.61 Å². The molecule has 3 aromatic heterocycles. The van der Waals surface area contributed by atoms with Crippen molar-refractivity contribution in [3.05, 3.63) is 24.2 Å². The first kappa shape index (κ1) is 15.3. The molecular formula is C13H13F3N6O. The maximum Gasteiger partial charge on any atom is 0.451 e. The number of nitrogens with zero attached hydrogens (tertiary/aromatic N) is 3. The molecule has 0 bridgehead atoms. The summed E-state index contributed by atoms with van der Waals surface area (Å²) in [6.07, 6.45) is -2.92. The number of pyridine rings is 1. The van der Waals surface area contributed by atoms with Crippen molar-refractivity contribution in [2.24, 2.45) is 0 Å². The fraction of sp³-hybridized carbons (Fsp3) is 0.308. The van der Waals surface area contributed by atoms with Crippen molar-refractivity contribution >= 4 is 16.9 Å². The van der Waals surface area contributed by atoms with E-state index in [2.05, 4.69) is 25.4 Å². The molecule has 0 aliphatic heterocycles. The highest BCUT2D eigenvalue weighted by molar-refractivity contribution is 5.92. The molecule has 0 amide bonds. The summed E-state index contributed by atoms with van der Waals surface area (Å²) >= 11 is 0. The fourth-order valence-corrected chi connectivity index (χ4v) is 2.10. The lowest BCUT2D eigenvalue weighted by atomic mass is 10.1. The number of nitrogens with one attached hydrogen (secondary N) is 3. The minimum atomic E-state index is -4.57. The van der Waals surface area contributed by atoms with Crippen molar-refractivity contribution in [2.45, 2.75) is 6.18 Å². The van der Waals surface area contributed by atoms with E-state index in [1.807, 2.05) is 5.10 Å². The van der Waals surface area contributed by atoms with Crippen LogP contribution in [0.25, 0.3) is 22.4 Å². The van der Waals surface area contributed by atoms with Gasteiger partial charge in [-0.05, 0) is 12.1 Å². The third kappa shape index (κ3) is 3.11. The van der Waals surface area contributed by atoms with E-state index in [1.54, 1.807) is 25.4 Å². The van der Waals surface area contributed by atoms with Crippen LogP contribution in [-0.4, -0.2) is 45.4 Å². The van der Waals surface area contributed by atoms with Crippen molar-refractivity contribution in [2.75, 3.05) is 25.6 Å². The van der Waals surface area contributed by atoms with Crippen LogP contribution in [-0.2, 0) is 10.9 Å². The van der Waals surface area contributed by atoms with Gasteiger partial charge in [0.25, 0.3) is 0 Å². The van der Waals surface area contributed by atoms with Crippen LogP contribution in [0.4, 0.5) is 19.0 Å². The number of rotatable bonds is 5. The number of hydrogen-bond acceptors (Lipinski definition) is 5. The molecule has 3 aromatic rings. The van der Waals surface area contributed by atoms with E-state index in [0.717, 1.165) is 0 Å². The summed E-state index contributed by atoms with van der Waals surface area (Å²) in [5.74, 6) is -0.689. The van der Waals surface area contributed by atoms with Gasteiger partial charge in [-0.15, -0.1) is 0 Å². The molecule has 0 fully saturated rings. The molecule has 0 atom stereocenters. The number of halogens is 3. The molecule has 0 aromatic carbocycles. The zero-order chi connectivity index (χ0) is 16.4. The van der Waals surface area contributed by atoms with Gasteiger partial charge >= 0.3 is 6.18 Å². The van der Waals surface area contributed by atoms with Crippen LogP contribution < -0.4 is 5.32 Å². The first-order chi connectivity index (χ1) is 11.0. The van der Waals surface area contributed by atoms with Gasteiger partial charge in [-0.2, -0.15) is 18.3 Å². The average Bonchev–Trinajstić information content (AvgIpc) is 3.15. The van der Waals surface area contributed by atoms with Gasteiger partial charge in [-0.3, -0.25) is 5.10 Å². The third-order valence-corrected chi connectivity index (χ3v) is 3.14. The Morgan fingerprint density at radius 1 is 1.30 bits per heavy atom. The van der Waals surface area contributed by atoms with Crippen molar-refractivity contribution in [1.29, 1.82) is 0 Å². The lowest BCUT2D eigenvalue weighted by Crippen LogP contribution is -2.09. The average molecular weight is 326 g/mol. The van der Waals surface area contributed by atoms with Gasteiger partial charge in [0.15, 0.2) is 5.82 Å². The zero-order valence-corrected chi connectivity index (χ0v) is 12.0. The summed E-state index contributed by atoms with van der Waals surface area (Å²) in [6.45, 7) is 0.982. The molecule has 0 saturated carbocycles. The lowest BCUT2D eigenvalue weighted by Gasteiger charge is -2.07. The Labute approximate surface area is 128 Å². The van der Waals surface area contributed by atoms with Gasteiger partial charge < -0.3 is 15.0 Å². The SMILES string of the molecule is COCCNc1cc(-c2n[nH]c(C(F)(F)F)n2)c2cc[nH]c2n1. The first-order valence-electron chi connectivity index (χ1n) is 6.70. The number of anilines is 1. The Morgan fingerprint density at radius 2 is 2.13 bits per heavy atom. The molecule has 3 heterocycles. The number of fused-ring (bicyclic) bond motifs is 1. The van der Waals surface area contributed by atoms with E-state index in [0.29, 0.717) is 35.6 Å². The molecule has 3 N–H and O–H groups in total. The number of methoxy groups -OCH3 is 1. The van der Waals surface area contributed by atoms with Crippen LogP contribution >= 0.6 is 0 Å². The third-order valence-electron chi connectivity index (χ3n) is 3.14. The number of aromatic nitrogens is 5. The Morgan fingerprint density at radius 3 is 2.83 bits per heavy atom. The molecule has 23 heavy (non-hydrogen) atoms. The molecule has 0 aliphatic rings. The van der Waals surface area contributed by atoms with Crippen LogP contribution in [0, 0.1) is 0 Å². The van der Waals surface area contributed by atoms with E-state index in [4.69, 9.17) is 4.74 Å². The Hall–Kier alpha value is -2.62. The topological polar surface area (TPSA) is 91.5 Å². The predicted octanol–water partition coefficient (Wildman–Crippen LogP) is 2.43. The molecule has 0 saturated heterocycles. The minimum Gasteiger partial charge on any atom is -0.383 e. The largest absolute Gasteiger partial charge is 0.451 e. The van der Waals surface area contributed by atoms with E-state index < -0.39 is 12.0 Å².